The Balaban J connectivity index is 1.05. The number of carbonyl (C=O) groups is 1. The van der Waals surface area contributed by atoms with Gasteiger partial charge in [-0.3, -0.25) is 14.4 Å². The molecule has 9 heteroatoms. The van der Waals surface area contributed by atoms with E-state index >= 15 is 0 Å². The highest BCUT2D eigenvalue weighted by Crippen LogP contribution is 2.30. The van der Waals surface area contributed by atoms with Crippen molar-refractivity contribution in [1.82, 2.24) is 34.5 Å². The molecule has 5 heterocycles. The lowest BCUT2D eigenvalue weighted by atomic mass is 9.97. The summed E-state index contributed by atoms with van der Waals surface area (Å²) in [4.78, 5) is 28.8. The van der Waals surface area contributed by atoms with Crippen molar-refractivity contribution in [3.05, 3.63) is 66.6 Å². The van der Waals surface area contributed by atoms with Gasteiger partial charge in [0.05, 0.1) is 17.9 Å². The molecule has 2 aliphatic rings. The molecule has 168 valence electrons. The van der Waals surface area contributed by atoms with E-state index in [0.29, 0.717) is 30.7 Å². The van der Waals surface area contributed by atoms with Crippen LogP contribution >= 0.6 is 0 Å². The molecule has 1 N–H and O–H groups in total. The van der Waals surface area contributed by atoms with Gasteiger partial charge in [-0.2, -0.15) is 5.10 Å². The minimum absolute atomic E-state index is 0.0836. The van der Waals surface area contributed by atoms with Crippen LogP contribution in [0.3, 0.4) is 0 Å². The molecule has 4 aromatic rings. The van der Waals surface area contributed by atoms with E-state index in [1.54, 1.807) is 18.5 Å². The number of nitrogens with zero attached hydrogens (tertiary/aromatic N) is 6. The molecule has 2 aliphatic heterocycles. The maximum absolute atomic E-state index is 13.5. The van der Waals surface area contributed by atoms with Gasteiger partial charge in [-0.05, 0) is 37.1 Å². The average Bonchev–Trinajstić information content (AvgIpc) is 3.48. The molecule has 6 rings (SSSR count). The third-order valence-corrected chi connectivity index (χ3v) is 6.83. The number of hydrogen-bond acceptors (Lipinski definition) is 5. The van der Waals surface area contributed by atoms with E-state index in [2.05, 4.69) is 31.1 Å². The van der Waals surface area contributed by atoms with Gasteiger partial charge in [-0.1, -0.05) is 6.07 Å². The lowest BCUT2D eigenvalue weighted by molar-refractivity contribution is 0.0198. The number of halogens is 1. The molecule has 1 amide bonds. The first-order valence-electron chi connectivity index (χ1n) is 11.3. The van der Waals surface area contributed by atoms with Crippen LogP contribution in [0.25, 0.3) is 22.3 Å². The number of hydrogen-bond donors (Lipinski definition) is 1. The van der Waals surface area contributed by atoms with Gasteiger partial charge < -0.3 is 9.88 Å². The van der Waals surface area contributed by atoms with Gasteiger partial charge in [0.1, 0.15) is 17.8 Å². The van der Waals surface area contributed by atoms with Crippen LogP contribution in [0.4, 0.5) is 4.39 Å². The van der Waals surface area contributed by atoms with E-state index in [1.165, 1.54) is 12.1 Å². The maximum Gasteiger partial charge on any atom is 0.253 e. The van der Waals surface area contributed by atoms with Crippen molar-refractivity contribution in [2.45, 2.75) is 24.9 Å². The molecule has 2 fully saturated rings. The van der Waals surface area contributed by atoms with Crippen LogP contribution < -0.4 is 0 Å². The van der Waals surface area contributed by atoms with Gasteiger partial charge in [-0.25, -0.2) is 14.4 Å². The maximum atomic E-state index is 13.5. The second kappa shape index (κ2) is 8.08. The minimum Gasteiger partial charge on any atom is -0.346 e. The molecular formula is C24H24FN7O. The Kier molecular flexibility index (Phi) is 4.91. The number of carbonyl (C=O) groups excluding carboxylic acids is 1. The van der Waals surface area contributed by atoms with E-state index in [4.69, 9.17) is 0 Å². The summed E-state index contributed by atoms with van der Waals surface area (Å²) >= 11 is 0. The molecule has 0 saturated carbocycles. The Hall–Kier alpha value is -3.59. The summed E-state index contributed by atoms with van der Waals surface area (Å²) in [7, 11) is 0. The number of nitrogens with one attached hydrogen (secondary N) is 1. The van der Waals surface area contributed by atoms with E-state index in [1.807, 2.05) is 28.0 Å². The molecule has 2 saturated heterocycles. The standard InChI is InChI=1S/C24H24FN7O/c25-18-3-1-2-16(10-18)24(33)30-8-5-19(6-9-30)31-13-20(14-31)32-12-17(11-29-32)22-21-4-7-26-23(21)28-15-27-22/h1-4,7,10-12,15,19-20H,5-6,8-9,13-14H2,(H,26,27,28). The van der Waals surface area contributed by atoms with Crippen molar-refractivity contribution in [2.24, 2.45) is 0 Å². The summed E-state index contributed by atoms with van der Waals surface area (Å²) in [6.45, 7) is 3.31. The zero-order valence-electron chi connectivity index (χ0n) is 18.1. The van der Waals surface area contributed by atoms with Crippen LogP contribution in [-0.4, -0.2) is 72.7 Å². The minimum atomic E-state index is -0.374. The number of aromatic amines is 1. The largest absolute Gasteiger partial charge is 0.346 e. The number of fused-ring (bicyclic) bond motifs is 1. The zero-order valence-corrected chi connectivity index (χ0v) is 18.1. The number of likely N-dealkylation sites (tertiary alicyclic amines) is 2. The molecule has 0 spiro atoms. The summed E-state index contributed by atoms with van der Waals surface area (Å²) < 4.78 is 15.5. The normalized spacial score (nSPS) is 18.0. The van der Waals surface area contributed by atoms with Crippen molar-refractivity contribution in [2.75, 3.05) is 26.2 Å². The van der Waals surface area contributed by atoms with Gasteiger partial charge in [0, 0.05) is 61.1 Å². The van der Waals surface area contributed by atoms with E-state index in [0.717, 1.165) is 48.2 Å². The van der Waals surface area contributed by atoms with Crippen molar-refractivity contribution in [1.29, 1.82) is 0 Å². The fraction of sp³-hybridized carbons (Fsp3) is 0.333. The fourth-order valence-electron chi connectivity index (χ4n) is 4.95. The third-order valence-electron chi connectivity index (χ3n) is 6.83. The highest BCUT2D eigenvalue weighted by molar-refractivity contribution is 5.94. The number of piperidine rings is 1. The molecule has 33 heavy (non-hydrogen) atoms. The molecule has 1 aromatic carbocycles. The summed E-state index contributed by atoms with van der Waals surface area (Å²) in [6, 6.07) is 8.73. The fourth-order valence-corrected chi connectivity index (χ4v) is 4.95. The second-order valence-corrected chi connectivity index (χ2v) is 8.81. The third kappa shape index (κ3) is 3.68. The number of rotatable bonds is 4. The van der Waals surface area contributed by atoms with E-state index < -0.39 is 0 Å². The van der Waals surface area contributed by atoms with Crippen LogP contribution in [0.2, 0.25) is 0 Å². The Bertz CT molecular complexity index is 1300. The highest BCUT2D eigenvalue weighted by atomic mass is 19.1. The predicted octanol–water partition coefficient (Wildman–Crippen LogP) is 3.12. The van der Waals surface area contributed by atoms with E-state index in [-0.39, 0.29) is 11.7 Å². The molecule has 8 nitrogen and oxygen atoms in total. The first-order valence-corrected chi connectivity index (χ1v) is 11.3. The number of aromatic nitrogens is 5. The SMILES string of the molecule is O=C(c1cccc(F)c1)N1CCC(N2CC(n3cc(-c4ncnc5[nH]ccc45)cn3)C2)CC1. The summed E-state index contributed by atoms with van der Waals surface area (Å²) in [5.41, 5.74) is 3.13. The lowest BCUT2D eigenvalue weighted by Gasteiger charge is -2.47. The summed E-state index contributed by atoms with van der Waals surface area (Å²) in [5, 5.41) is 5.59. The quantitative estimate of drug-likeness (QED) is 0.522. The van der Waals surface area contributed by atoms with Gasteiger partial charge in [0.15, 0.2) is 0 Å². The van der Waals surface area contributed by atoms with Crippen LogP contribution in [0.15, 0.2) is 55.2 Å². The second-order valence-electron chi connectivity index (χ2n) is 8.81. The number of benzene rings is 1. The molecular weight excluding hydrogens is 421 g/mol. The lowest BCUT2D eigenvalue weighted by Crippen LogP contribution is -2.56. The first kappa shape index (κ1) is 20.0. The van der Waals surface area contributed by atoms with Gasteiger partial charge in [0.25, 0.3) is 5.91 Å². The molecule has 0 radical (unpaired) electrons. The van der Waals surface area contributed by atoms with Crippen LogP contribution in [0, 0.1) is 5.82 Å². The van der Waals surface area contributed by atoms with Gasteiger partial charge in [0.2, 0.25) is 0 Å². The van der Waals surface area contributed by atoms with Crippen LogP contribution in [0.1, 0.15) is 29.2 Å². The van der Waals surface area contributed by atoms with Crippen molar-refractivity contribution >= 4 is 16.9 Å². The molecule has 0 aliphatic carbocycles. The Morgan fingerprint density at radius 1 is 1.09 bits per heavy atom. The Morgan fingerprint density at radius 2 is 1.94 bits per heavy atom. The number of H-pyrrole nitrogens is 1. The average molecular weight is 446 g/mol. The first-order chi connectivity index (χ1) is 16.2. The van der Waals surface area contributed by atoms with Gasteiger partial charge in [-0.15, -0.1) is 0 Å². The van der Waals surface area contributed by atoms with Crippen LogP contribution in [0.5, 0.6) is 0 Å². The summed E-state index contributed by atoms with van der Waals surface area (Å²) in [6.07, 6.45) is 9.25. The highest BCUT2D eigenvalue weighted by Gasteiger charge is 2.36. The predicted molar refractivity (Wildman–Crippen MR) is 121 cm³/mol. The smallest absolute Gasteiger partial charge is 0.253 e. The monoisotopic (exact) mass is 445 g/mol. The van der Waals surface area contributed by atoms with Crippen LogP contribution in [-0.2, 0) is 0 Å². The topological polar surface area (TPSA) is 82.9 Å². The Labute approximate surface area is 190 Å². The zero-order chi connectivity index (χ0) is 22.4. The molecule has 0 atom stereocenters. The molecule has 3 aromatic heterocycles. The molecule has 0 bridgehead atoms. The van der Waals surface area contributed by atoms with Crippen molar-refractivity contribution in [3.63, 3.8) is 0 Å². The van der Waals surface area contributed by atoms with Crippen molar-refractivity contribution < 1.29 is 9.18 Å². The number of amides is 1. The Morgan fingerprint density at radius 3 is 2.76 bits per heavy atom. The summed E-state index contributed by atoms with van der Waals surface area (Å²) in [5.74, 6) is -0.457. The van der Waals surface area contributed by atoms with Gasteiger partial charge >= 0.3 is 0 Å². The molecule has 0 unspecified atom stereocenters. The van der Waals surface area contributed by atoms with Crippen molar-refractivity contribution in [3.8, 4) is 11.3 Å². The van der Waals surface area contributed by atoms with E-state index in [9.17, 15) is 9.18 Å².